The van der Waals surface area contributed by atoms with Crippen LogP contribution < -0.4 is 10.6 Å². The van der Waals surface area contributed by atoms with Gasteiger partial charge in [-0.25, -0.2) is 0 Å². The summed E-state index contributed by atoms with van der Waals surface area (Å²) in [4.78, 5) is 30.1. The maximum absolute atomic E-state index is 12.2. The lowest BCUT2D eigenvalue weighted by atomic mass is 10.1. The highest BCUT2D eigenvalue weighted by Crippen LogP contribution is 2.38. The molecule has 1 heterocycles. The van der Waals surface area contributed by atoms with Gasteiger partial charge in [0.05, 0.1) is 23.0 Å². The van der Waals surface area contributed by atoms with Crippen LogP contribution in [-0.2, 0) is 11.3 Å². The molecular formula is C24H23N3O3. The van der Waals surface area contributed by atoms with Gasteiger partial charge in [0, 0.05) is 24.4 Å². The van der Waals surface area contributed by atoms with Gasteiger partial charge < -0.3 is 15.1 Å². The average molecular weight is 401 g/mol. The van der Waals surface area contributed by atoms with Gasteiger partial charge in [-0.1, -0.05) is 42.5 Å². The average Bonchev–Trinajstić information content (AvgIpc) is 3.07. The molecule has 0 aliphatic carbocycles. The lowest BCUT2D eigenvalue weighted by Crippen LogP contribution is -2.31. The van der Waals surface area contributed by atoms with Crippen LogP contribution in [0.15, 0.2) is 66.7 Å². The van der Waals surface area contributed by atoms with Crippen molar-refractivity contribution < 1.29 is 14.4 Å². The van der Waals surface area contributed by atoms with E-state index in [4.69, 9.17) is 10.6 Å². The number of carbonyl (C=O) groups excluding carboxylic acids is 2. The van der Waals surface area contributed by atoms with Gasteiger partial charge in [-0.3, -0.25) is 9.59 Å². The molecule has 30 heavy (non-hydrogen) atoms. The molecule has 1 aromatic heterocycles. The third kappa shape index (κ3) is 3.37. The van der Waals surface area contributed by atoms with Crippen molar-refractivity contribution in [1.82, 2.24) is 9.63 Å². The Labute approximate surface area is 174 Å². The summed E-state index contributed by atoms with van der Waals surface area (Å²) in [6.07, 6.45) is 0. The van der Waals surface area contributed by atoms with Crippen LogP contribution >= 0.6 is 0 Å². The van der Waals surface area contributed by atoms with Crippen LogP contribution in [0.25, 0.3) is 21.8 Å². The fourth-order valence-corrected chi connectivity index (χ4v) is 3.84. The number of hydrogen-bond donors (Lipinski definition) is 1. The van der Waals surface area contributed by atoms with Gasteiger partial charge >= 0.3 is 0 Å². The van der Waals surface area contributed by atoms with Crippen molar-refractivity contribution in [2.45, 2.75) is 20.4 Å². The summed E-state index contributed by atoms with van der Waals surface area (Å²) in [5, 5.41) is 2.78. The van der Waals surface area contributed by atoms with Crippen LogP contribution in [0.5, 0.6) is 5.75 Å². The molecule has 6 nitrogen and oxygen atoms in total. The molecule has 0 unspecified atom stereocenters. The van der Waals surface area contributed by atoms with E-state index in [1.165, 1.54) is 12.0 Å². The molecule has 4 rings (SSSR count). The topological polar surface area (TPSA) is 77.6 Å². The Morgan fingerprint density at radius 1 is 0.933 bits per heavy atom. The van der Waals surface area contributed by atoms with Crippen molar-refractivity contribution in [3.63, 3.8) is 0 Å². The molecule has 0 radical (unpaired) electrons. The molecule has 0 atom stereocenters. The van der Waals surface area contributed by atoms with Gasteiger partial charge in [-0.15, -0.1) is 0 Å². The molecular weight excluding hydrogens is 378 g/mol. The lowest BCUT2D eigenvalue weighted by molar-refractivity contribution is -0.153. The Morgan fingerprint density at radius 3 is 2.23 bits per heavy atom. The van der Waals surface area contributed by atoms with Crippen LogP contribution in [0.2, 0.25) is 0 Å². The van der Waals surface area contributed by atoms with E-state index in [-0.39, 0.29) is 5.91 Å². The quantitative estimate of drug-likeness (QED) is 0.494. The SMILES string of the molecule is CCN(Oc1cccc2c1c1c(C(N)=O)cccc1n2Cc1ccccc1)C(C)=O. The van der Waals surface area contributed by atoms with Crippen molar-refractivity contribution >= 4 is 33.6 Å². The number of nitrogens with two attached hydrogens (primary N) is 1. The van der Waals surface area contributed by atoms with Crippen molar-refractivity contribution in [1.29, 1.82) is 0 Å². The maximum atomic E-state index is 12.2. The molecule has 6 heteroatoms. The Morgan fingerprint density at radius 2 is 1.60 bits per heavy atom. The fraction of sp³-hybridized carbons (Fsp3) is 0.167. The molecule has 0 saturated heterocycles. The molecule has 0 saturated carbocycles. The van der Waals surface area contributed by atoms with E-state index >= 15 is 0 Å². The zero-order chi connectivity index (χ0) is 21.3. The maximum Gasteiger partial charge on any atom is 0.252 e. The van der Waals surface area contributed by atoms with E-state index in [2.05, 4.69) is 16.7 Å². The predicted octanol–water partition coefficient (Wildman–Crippen LogP) is 4.10. The normalized spacial score (nSPS) is 11.0. The number of hydroxylamine groups is 2. The highest BCUT2D eigenvalue weighted by Gasteiger charge is 2.21. The first kappa shape index (κ1) is 19.5. The van der Waals surface area contributed by atoms with Crippen LogP contribution in [0.3, 0.4) is 0 Å². The summed E-state index contributed by atoms with van der Waals surface area (Å²) in [7, 11) is 0. The minimum Gasteiger partial charge on any atom is -0.376 e. The van der Waals surface area contributed by atoms with Gasteiger partial charge in [0.25, 0.3) is 5.91 Å². The van der Waals surface area contributed by atoms with Gasteiger partial charge in [0.1, 0.15) is 0 Å². The monoisotopic (exact) mass is 401 g/mol. The number of hydrogen-bond acceptors (Lipinski definition) is 3. The zero-order valence-electron chi connectivity index (χ0n) is 17.0. The van der Waals surface area contributed by atoms with Crippen molar-refractivity contribution in [3.05, 3.63) is 77.9 Å². The molecule has 2 N–H and O–H groups in total. The molecule has 4 aromatic rings. The molecule has 0 spiro atoms. The second-order valence-corrected chi connectivity index (χ2v) is 7.09. The van der Waals surface area contributed by atoms with Gasteiger partial charge in [-0.2, -0.15) is 5.06 Å². The van der Waals surface area contributed by atoms with Crippen molar-refractivity contribution in [2.75, 3.05) is 6.54 Å². The first-order valence-corrected chi connectivity index (χ1v) is 9.85. The Kier molecular flexibility index (Phi) is 5.14. The smallest absolute Gasteiger partial charge is 0.252 e. The van der Waals surface area contributed by atoms with Crippen LogP contribution in [0.4, 0.5) is 0 Å². The van der Waals surface area contributed by atoms with E-state index in [1.54, 1.807) is 12.1 Å². The highest BCUT2D eigenvalue weighted by atomic mass is 16.7. The Bertz CT molecular complexity index is 1250. The third-order valence-corrected chi connectivity index (χ3v) is 5.17. The van der Waals surface area contributed by atoms with Crippen LogP contribution in [0.1, 0.15) is 29.8 Å². The Balaban J connectivity index is 2.02. The summed E-state index contributed by atoms with van der Waals surface area (Å²) in [5.74, 6) is -0.194. The third-order valence-electron chi connectivity index (χ3n) is 5.17. The van der Waals surface area contributed by atoms with E-state index in [0.717, 1.165) is 27.4 Å². The van der Waals surface area contributed by atoms with Crippen molar-refractivity contribution in [3.8, 4) is 5.75 Å². The second kappa shape index (κ2) is 7.91. The molecule has 0 fully saturated rings. The summed E-state index contributed by atoms with van der Waals surface area (Å²) in [6.45, 7) is 4.32. The summed E-state index contributed by atoms with van der Waals surface area (Å²) in [5.41, 5.74) is 9.04. The number of primary amides is 1. The number of amides is 2. The predicted molar refractivity (Wildman–Crippen MR) is 117 cm³/mol. The number of aromatic nitrogens is 1. The van der Waals surface area contributed by atoms with Crippen LogP contribution in [-0.4, -0.2) is 28.0 Å². The summed E-state index contributed by atoms with van der Waals surface area (Å²) >= 11 is 0. The molecule has 0 aliphatic heterocycles. The number of nitrogens with zero attached hydrogens (tertiary/aromatic N) is 2. The number of rotatable bonds is 6. The minimum absolute atomic E-state index is 0.197. The summed E-state index contributed by atoms with van der Waals surface area (Å²) in [6, 6.07) is 21.3. The minimum atomic E-state index is -0.506. The highest BCUT2D eigenvalue weighted by molar-refractivity contribution is 6.19. The fourth-order valence-electron chi connectivity index (χ4n) is 3.84. The van der Waals surface area contributed by atoms with E-state index in [9.17, 15) is 9.59 Å². The lowest BCUT2D eigenvalue weighted by Gasteiger charge is -2.19. The molecule has 152 valence electrons. The zero-order valence-corrected chi connectivity index (χ0v) is 17.0. The molecule has 2 amide bonds. The second-order valence-electron chi connectivity index (χ2n) is 7.09. The van der Waals surface area contributed by atoms with Gasteiger partial charge in [-0.05, 0) is 36.8 Å². The molecule has 0 aliphatic rings. The van der Waals surface area contributed by atoms with E-state index < -0.39 is 5.91 Å². The van der Waals surface area contributed by atoms with Gasteiger partial charge in [0.15, 0.2) is 5.75 Å². The van der Waals surface area contributed by atoms with Crippen molar-refractivity contribution in [2.24, 2.45) is 5.73 Å². The number of fused-ring (bicyclic) bond motifs is 3. The number of carbonyl (C=O) groups is 2. The first-order chi connectivity index (χ1) is 14.5. The Hall–Kier alpha value is -3.80. The van der Waals surface area contributed by atoms with E-state index in [0.29, 0.717) is 24.4 Å². The first-order valence-electron chi connectivity index (χ1n) is 9.85. The molecule has 0 bridgehead atoms. The molecule has 3 aromatic carbocycles. The number of benzene rings is 3. The summed E-state index contributed by atoms with van der Waals surface area (Å²) < 4.78 is 2.14. The van der Waals surface area contributed by atoms with E-state index in [1.807, 2.05) is 49.4 Å². The standard InChI is InChI=1S/C24H23N3O3/c1-3-27(16(2)28)30-21-14-8-13-20-23(21)22-18(24(25)29)11-7-12-19(22)26(20)15-17-9-5-4-6-10-17/h4-14H,3,15H2,1-2H3,(H2,25,29). The van der Waals surface area contributed by atoms with Gasteiger partial charge in [0.2, 0.25) is 5.91 Å². The largest absolute Gasteiger partial charge is 0.376 e. The van der Waals surface area contributed by atoms with Crippen LogP contribution in [0, 0.1) is 0 Å².